The third-order valence-corrected chi connectivity index (χ3v) is 7.95. The molecule has 0 bridgehead atoms. The fourth-order valence-corrected chi connectivity index (χ4v) is 6.10. The first-order chi connectivity index (χ1) is 13.8. The molecule has 4 rings (SSSR count). The number of nitrogens with zero attached hydrogens (tertiary/aromatic N) is 2. The first-order valence-electron chi connectivity index (χ1n) is 9.05. The molecule has 0 saturated carbocycles. The van der Waals surface area contributed by atoms with E-state index in [-0.39, 0.29) is 29.5 Å². The number of sulfone groups is 1. The molecule has 2 aromatic rings. The normalized spacial score (nSPS) is 20.4. The number of amidine groups is 1. The van der Waals surface area contributed by atoms with Gasteiger partial charge in [0.25, 0.3) is 10.0 Å². The molecule has 2 heterocycles. The molecule has 0 unspecified atom stereocenters. The van der Waals surface area contributed by atoms with Gasteiger partial charge in [0.15, 0.2) is 15.7 Å². The lowest BCUT2D eigenvalue weighted by Gasteiger charge is -2.29. The zero-order valence-corrected chi connectivity index (χ0v) is 17.4. The van der Waals surface area contributed by atoms with Gasteiger partial charge in [0.05, 0.1) is 18.6 Å². The zero-order valence-electron chi connectivity index (χ0n) is 15.8. The Balaban J connectivity index is 1.88. The third-order valence-electron chi connectivity index (χ3n) is 4.97. The molecule has 2 aliphatic rings. The number of ether oxygens (including phenoxy) is 1. The maximum atomic E-state index is 13.1. The van der Waals surface area contributed by atoms with Crippen LogP contribution in [0.2, 0.25) is 0 Å². The van der Waals surface area contributed by atoms with Crippen LogP contribution in [-0.2, 0) is 19.9 Å². The molecule has 0 N–H and O–H groups in total. The van der Waals surface area contributed by atoms with Crippen molar-refractivity contribution in [3.8, 4) is 5.75 Å². The van der Waals surface area contributed by atoms with E-state index in [9.17, 15) is 16.8 Å². The van der Waals surface area contributed by atoms with Crippen LogP contribution < -0.4 is 4.74 Å². The van der Waals surface area contributed by atoms with Gasteiger partial charge < -0.3 is 9.64 Å². The molecule has 0 aliphatic carbocycles. The Labute approximate surface area is 170 Å². The number of methoxy groups -OCH3 is 1. The third kappa shape index (κ3) is 3.79. The van der Waals surface area contributed by atoms with Crippen molar-refractivity contribution < 1.29 is 21.6 Å². The summed E-state index contributed by atoms with van der Waals surface area (Å²) in [6, 6.07) is 15.9. The second-order valence-corrected chi connectivity index (χ2v) is 10.7. The van der Waals surface area contributed by atoms with Gasteiger partial charge in [-0.2, -0.15) is 8.42 Å². The average molecular weight is 433 g/mol. The Morgan fingerprint density at radius 3 is 2.07 bits per heavy atom. The molecular formula is C20H20N2O5S2. The van der Waals surface area contributed by atoms with E-state index in [1.807, 2.05) is 30.3 Å². The van der Waals surface area contributed by atoms with Crippen molar-refractivity contribution in [3.63, 3.8) is 0 Å². The minimum atomic E-state index is -3.95. The number of hydrogen-bond donors (Lipinski definition) is 0. The van der Waals surface area contributed by atoms with Gasteiger partial charge in [-0.25, -0.2) is 8.42 Å². The van der Waals surface area contributed by atoms with Crippen LogP contribution >= 0.6 is 0 Å². The van der Waals surface area contributed by atoms with Gasteiger partial charge in [-0.15, -0.1) is 4.40 Å². The second-order valence-electron chi connectivity index (χ2n) is 6.83. The molecule has 0 atom stereocenters. The molecule has 9 heteroatoms. The molecule has 152 valence electrons. The number of hydrogen-bond acceptors (Lipinski definition) is 6. The van der Waals surface area contributed by atoms with Gasteiger partial charge in [0.2, 0.25) is 0 Å². The zero-order chi connectivity index (χ0) is 20.6. The molecule has 1 fully saturated rings. The van der Waals surface area contributed by atoms with E-state index in [2.05, 4.69) is 4.40 Å². The molecule has 0 radical (unpaired) electrons. The van der Waals surface area contributed by atoms with E-state index in [0.717, 1.165) is 0 Å². The Hall–Kier alpha value is -2.65. The van der Waals surface area contributed by atoms with Gasteiger partial charge in [-0.05, 0) is 35.4 Å². The van der Waals surface area contributed by atoms with Crippen LogP contribution in [0.3, 0.4) is 0 Å². The monoisotopic (exact) mass is 432 g/mol. The summed E-state index contributed by atoms with van der Waals surface area (Å²) >= 11 is 0. The summed E-state index contributed by atoms with van der Waals surface area (Å²) in [6.07, 6.45) is 0. The van der Waals surface area contributed by atoms with Crippen LogP contribution in [0, 0.1) is 0 Å². The van der Waals surface area contributed by atoms with Gasteiger partial charge in [0, 0.05) is 18.7 Å². The lowest BCUT2D eigenvalue weighted by atomic mass is 10.0. The Bertz CT molecular complexity index is 1190. The van der Waals surface area contributed by atoms with Crippen LogP contribution in [0.4, 0.5) is 0 Å². The summed E-state index contributed by atoms with van der Waals surface area (Å²) in [5.74, 6) is 0.878. The quantitative estimate of drug-likeness (QED) is 0.737. The van der Waals surface area contributed by atoms with Crippen molar-refractivity contribution in [2.75, 3.05) is 31.7 Å². The lowest BCUT2D eigenvalue weighted by Crippen LogP contribution is -2.43. The van der Waals surface area contributed by atoms with E-state index in [1.54, 1.807) is 36.3 Å². The molecule has 1 saturated heterocycles. The van der Waals surface area contributed by atoms with Crippen molar-refractivity contribution >= 4 is 36.2 Å². The van der Waals surface area contributed by atoms with Gasteiger partial charge in [-0.1, -0.05) is 30.3 Å². The van der Waals surface area contributed by atoms with Crippen molar-refractivity contribution in [3.05, 3.63) is 65.7 Å². The molecule has 7 nitrogen and oxygen atoms in total. The minimum Gasteiger partial charge on any atom is -0.497 e. The molecule has 2 aliphatic heterocycles. The SMILES string of the molecule is COc1ccc(C2=C(c3ccccc3)C(N3CCS(=O)(=O)CC3)=NS2(=O)=O)cc1. The maximum absolute atomic E-state index is 13.1. The van der Waals surface area contributed by atoms with Crippen LogP contribution in [0.15, 0.2) is 59.0 Å². The number of rotatable bonds is 3. The van der Waals surface area contributed by atoms with Crippen molar-refractivity contribution in [1.29, 1.82) is 0 Å². The van der Waals surface area contributed by atoms with Crippen molar-refractivity contribution in [1.82, 2.24) is 4.90 Å². The Morgan fingerprint density at radius 2 is 1.48 bits per heavy atom. The van der Waals surface area contributed by atoms with E-state index in [0.29, 0.717) is 28.3 Å². The molecule has 0 aromatic heterocycles. The minimum absolute atomic E-state index is 0.0218. The van der Waals surface area contributed by atoms with Crippen LogP contribution in [0.25, 0.3) is 10.5 Å². The summed E-state index contributed by atoms with van der Waals surface area (Å²) in [4.78, 5) is 1.87. The van der Waals surface area contributed by atoms with Gasteiger partial charge >= 0.3 is 0 Å². The van der Waals surface area contributed by atoms with Gasteiger partial charge in [0.1, 0.15) is 10.7 Å². The van der Waals surface area contributed by atoms with Crippen LogP contribution in [0.1, 0.15) is 11.1 Å². The van der Waals surface area contributed by atoms with Crippen molar-refractivity contribution in [2.24, 2.45) is 4.40 Å². The predicted molar refractivity (Wildman–Crippen MR) is 113 cm³/mol. The Kier molecular flexibility index (Phi) is 4.95. The van der Waals surface area contributed by atoms with Gasteiger partial charge in [-0.3, -0.25) is 0 Å². The summed E-state index contributed by atoms with van der Waals surface area (Å²) in [5, 5.41) is 0. The highest BCUT2D eigenvalue weighted by Gasteiger charge is 2.38. The molecule has 2 aromatic carbocycles. The highest BCUT2D eigenvalue weighted by Crippen LogP contribution is 2.39. The molecule has 0 amide bonds. The first-order valence-corrected chi connectivity index (χ1v) is 12.3. The van der Waals surface area contributed by atoms with E-state index < -0.39 is 19.9 Å². The summed E-state index contributed by atoms with van der Waals surface area (Å²) in [7, 11) is -5.51. The van der Waals surface area contributed by atoms with Crippen molar-refractivity contribution in [2.45, 2.75) is 0 Å². The summed E-state index contributed by atoms with van der Waals surface area (Å²) < 4.78 is 59.0. The number of sulfonamides is 1. The maximum Gasteiger partial charge on any atom is 0.285 e. The van der Waals surface area contributed by atoms with Crippen LogP contribution in [0.5, 0.6) is 5.75 Å². The number of benzene rings is 2. The predicted octanol–water partition coefficient (Wildman–Crippen LogP) is 2.04. The molecular weight excluding hydrogens is 412 g/mol. The topological polar surface area (TPSA) is 93.1 Å². The molecule has 0 spiro atoms. The standard InChI is InChI=1S/C20H20N2O5S2/c1-27-17-9-7-16(8-10-17)19-18(15-5-3-2-4-6-15)20(21-29(19,25)26)22-11-13-28(23,24)14-12-22/h2-10H,11-14H2,1H3. The van der Waals surface area contributed by atoms with E-state index in [1.165, 1.54) is 0 Å². The van der Waals surface area contributed by atoms with E-state index in [4.69, 9.17) is 4.74 Å². The summed E-state index contributed by atoms with van der Waals surface area (Å²) in [6.45, 7) is 0.422. The smallest absolute Gasteiger partial charge is 0.285 e. The first kappa shape index (κ1) is 19.7. The average Bonchev–Trinajstić information content (AvgIpc) is 3.00. The highest BCUT2D eigenvalue weighted by atomic mass is 32.2. The summed E-state index contributed by atoms with van der Waals surface area (Å²) in [5.41, 5.74) is 1.72. The lowest BCUT2D eigenvalue weighted by molar-refractivity contribution is 0.415. The fourth-order valence-electron chi connectivity index (χ4n) is 3.48. The highest BCUT2D eigenvalue weighted by molar-refractivity contribution is 8.00. The second kappa shape index (κ2) is 7.31. The van der Waals surface area contributed by atoms with Crippen LogP contribution in [-0.4, -0.2) is 59.3 Å². The largest absolute Gasteiger partial charge is 0.497 e. The molecule has 29 heavy (non-hydrogen) atoms. The Morgan fingerprint density at radius 1 is 0.862 bits per heavy atom. The fraction of sp³-hybridized carbons (Fsp3) is 0.250. The van der Waals surface area contributed by atoms with E-state index >= 15 is 0 Å².